The lowest BCUT2D eigenvalue weighted by atomic mass is 9.98. The number of pyridine rings is 1. The van der Waals surface area contributed by atoms with E-state index >= 15 is 0 Å². The van der Waals surface area contributed by atoms with Gasteiger partial charge in [0.05, 0.1) is 0 Å². The van der Waals surface area contributed by atoms with Crippen molar-refractivity contribution in [1.82, 2.24) is 0 Å². The summed E-state index contributed by atoms with van der Waals surface area (Å²) in [5, 5.41) is 0. The van der Waals surface area contributed by atoms with E-state index in [0.29, 0.717) is 6.04 Å². The Morgan fingerprint density at radius 2 is 2.06 bits per heavy atom. The Morgan fingerprint density at radius 1 is 1.12 bits per heavy atom. The smallest absolute Gasteiger partial charge is 0.188 e. The van der Waals surface area contributed by atoms with Crippen molar-refractivity contribution in [2.24, 2.45) is 0 Å². The Labute approximate surface area is 101 Å². The van der Waals surface area contributed by atoms with Crippen molar-refractivity contribution in [3.05, 3.63) is 52.4 Å². The molecule has 1 atom stereocenters. The van der Waals surface area contributed by atoms with Gasteiger partial charge >= 0.3 is 0 Å². The lowest BCUT2D eigenvalue weighted by molar-refractivity contribution is -0.705. The number of fused-ring (bicyclic) bond motifs is 4. The number of hydrogen-bond donors (Lipinski definition) is 0. The fourth-order valence-electron chi connectivity index (χ4n) is 4.07. The van der Waals surface area contributed by atoms with Crippen LogP contribution in [0, 0.1) is 0 Å². The largest absolute Gasteiger partial charge is 0.217 e. The van der Waals surface area contributed by atoms with Gasteiger partial charge in [0.2, 0.25) is 5.69 Å². The third kappa shape index (κ3) is 0.833. The van der Waals surface area contributed by atoms with E-state index in [4.69, 9.17) is 0 Å². The van der Waals surface area contributed by atoms with Gasteiger partial charge in [-0.05, 0) is 18.4 Å². The zero-order valence-corrected chi connectivity index (χ0v) is 9.74. The van der Waals surface area contributed by atoms with Gasteiger partial charge in [0.25, 0.3) is 0 Å². The minimum absolute atomic E-state index is 0.660. The molecule has 1 nitrogen and oxygen atoms in total. The Bertz CT molecular complexity index is 659. The van der Waals surface area contributed by atoms with Crippen LogP contribution in [0.4, 0.5) is 0 Å². The van der Waals surface area contributed by atoms with E-state index in [9.17, 15) is 0 Å². The minimum Gasteiger partial charge on any atom is -0.188 e. The van der Waals surface area contributed by atoms with E-state index < -0.39 is 0 Å². The first-order valence-corrected chi connectivity index (χ1v) is 6.60. The summed E-state index contributed by atoms with van der Waals surface area (Å²) >= 11 is 0. The molecular formula is C16H14N+. The first-order chi connectivity index (χ1) is 8.43. The molecule has 0 radical (unpaired) electrons. The molecule has 82 valence electrons. The zero-order chi connectivity index (χ0) is 11.0. The molecule has 4 aliphatic rings. The molecule has 0 amide bonds. The highest BCUT2D eigenvalue weighted by Crippen LogP contribution is 2.45. The maximum atomic E-state index is 2.63. The van der Waals surface area contributed by atoms with Crippen LogP contribution in [0.3, 0.4) is 0 Å². The minimum atomic E-state index is 0.660. The van der Waals surface area contributed by atoms with Crippen molar-refractivity contribution in [3.63, 3.8) is 0 Å². The number of aromatic nitrogens is 1. The third-order valence-electron chi connectivity index (χ3n) is 4.71. The highest BCUT2D eigenvalue weighted by Gasteiger charge is 2.46. The van der Waals surface area contributed by atoms with Gasteiger partial charge in [0, 0.05) is 35.6 Å². The average Bonchev–Trinajstić information content (AvgIpc) is 3.05. The quantitative estimate of drug-likeness (QED) is 0.592. The molecule has 0 saturated heterocycles. The molecule has 3 heterocycles. The molecule has 5 rings (SSSR count). The lowest BCUT2D eigenvalue weighted by Crippen LogP contribution is -2.39. The van der Waals surface area contributed by atoms with E-state index in [1.54, 1.807) is 28.1 Å². The average molecular weight is 220 g/mol. The number of nitrogens with zero attached hydrogens (tertiary/aromatic N) is 1. The standard InChI is InChI=1S/C16H14N/c1-3-10-9-11-7-8-15-13-5-2-6-14(13)16(17(11)15)12(10)4-1/h1-2,4-5,9,15H,3,6-8H2/q+1. The molecule has 1 unspecified atom stereocenters. The van der Waals surface area contributed by atoms with Crippen molar-refractivity contribution in [2.45, 2.75) is 31.7 Å². The maximum Gasteiger partial charge on any atom is 0.217 e. The molecule has 0 saturated carbocycles. The van der Waals surface area contributed by atoms with Gasteiger partial charge < -0.3 is 0 Å². The fourth-order valence-corrected chi connectivity index (χ4v) is 4.07. The second-order valence-corrected chi connectivity index (χ2v) is 5.49. The van der Waals surface area contributed by atoms with E-state index in [1.807, 2.05) is 0 Å². The van der Waals surface area contributed by atoms with E-state index in [2.05, 4.69) is 34.9 Å². The molecule has 1 aromatic rings. The Balaban J connectivity index is 1.93. The van der Waals surface area contributed by atoms with E-state index in [0.717, 1.165) is 12.8 Å². The van der Waals surface area contributed by atoms with Gasteiger partial charge in [0.1, 0.15) is 0 Å². The van der Waals surface area contributed by atoms with Crippen LogP contribution in [-0.2, 0) is 12.8 Å². The second-order valence-electron chi connectivity index (χ2n) is 5.49. The Kier molecular flexibility index (Phi) is 1.30. The normalized spacial score (nSPS) is 25.8. The number of hydrogen-bond acceptors (Lipinski definition) is 0. The van der Waals surface area contributed by atoms with Crippen LogP contribution in [0.2, 0.25) is 0 Å². The molecule has 17 heavy (non-hydrogen) atoms. The van der Waals surface area contributed by atoms with Crippen LogP contribution >= 0.6 is 0 Å². The summed E-state index contributed by atoms with van der Waals surface area (Å²) in [7, 11) is 0. The van der Waals surface area contributed by atoms with E-state index in [1.165, 1.54) is 18.4 Å². The first-order valence-electron chi connectivity index (χ1n) is 6.60. The molecule has 2 aliphatic carbocycles. The Hall–Kier alpha value is -1.63. The van der Waals surface area contributed by atoms with Crippen molar-refractivity contribution in [3.8, 4) is 0 Å². The summed E-state index contributed by atoms with van der Waals surface area (Å²) < 4.78 is 2.63. The number of rotatable bonds is 0. The van der Waals surface area contributed by atoms with Gasteiger partial charge in [-0.1, -0.05) is 24.3 Å². The van der Waals surface area contributed by atoms with Crippen molar-refractivity contribution in [1.29, 1.82) is 0 Å². The molecule has 2 aliphatic heterocycles. The van der Waals surface area contributed by atoms with Crippen LogP contribution in [0.15, 0.2) is 29.9 Å². The molecule has 0 N–H and O–H groups in total. The number of allylic oxidation sites excluding steroid dienone is 5. The summed E-state index contributed by atoms with van der Waals surface area (Å²) in [4.78, 5) is 0. The predicted octanol–water partition coefficient (Wildman–Crippen LogP) is 2.76. The molecule has 0 bridgehead atoms. The number of aryl methyl sites for hydroxylation is 1. The maximum absolute atomic E-state index is 2.63. The molecule has 0 spiro atoms. The SMILES string of the molecule is C1=CC2=C(C1)c1c3c(cc4[n+]1C2CC4)CC=C3. The van der Waals surface area contributed by atoms with Gasteiger partial charge in [-0.3, -0.25) is 0 Å². The lowest BCUT2D eigenvalue weighted by Gasteiger charge is -2.06. The van der Waals surface area contributed by atoms with Crippen LogP contribution < -0.4 is 4.57 Å². The van der Waals surface area contributed by atoms with Crippen LogP contribution in [0.25, 0.3) is 11.6 Å². The highest BCUT2D eigenvalue weighted by atomic mass is 15.1. The highest BCUT2D eigenvalue weighted by molar-refractivity contribution is 5.81. The summed E-state index contributed by atoms with van der Waals surface area (Å²) in [6, 6.07) is 3.11. The monoisotopic (exact) mass is 220 g/mol. The molecule has 1 aromatic heterocycles. The molecule has 0 fully saturated rings. The third-order valence-corrected chi connectivity index (χ3v) is 4.71. The van der Waals surface area contributed by atoms with Gasteiger partial charge in [-0.25, -0.2) is 0 Å². The summed E-state index contributed by atoms with van der Waals surface area (Å²) in [6.07, 6.45) is 14.2. The molecular weight excluding hydrogens is 206 g/mol. The van der Waals surface area contributed by atoms with Gasteiger partial charge in [-0.15, -0.1) is 0 Å². The predicted molar refractivity (Wildman–Crippen MR) is 67.4 cm³/mol. The van der Waals surface area contributed by atoms with Gasteiger partial charge in [-0.2, -0.15) is 4.57 Å². The summed E-state index contributed by atoms with van der Waals surface area (Å²) in [6.45, 7) is 0. The van der Waals surface area contributed by atoms with Crippen LogP contribution in [-0.4, -0.2) is 0 Å². The van der Waals surface area contributed by atoms with Crippen LogP contribution in [0.5, 0.6) is 0 Å². The summed E-state index contributed by atoms with van der Waals surface area (Å²) in [5.41, 5.74) is 9.39. The van der Waals surface area contributed by atoms with Gasteiger partial charge in [0.15, 0.2) is 11.7 Å². The van der Waals surface area contributed by atoms with E-state index in [-0.39, 0.29) is 0 Å². The first kappa shape index (κ1) is 8.46. The van der Waals surface area contributed by atoms with Crippen molar-refractivity contribution >= 4 is 11.6 Å². The summed E-state index contributed by atoms with van der Waals surface area (Å²) in [5.74, 6) is 0. The molecule has 0 aromatic carbocycles. The van der Waals surface area contributed by atoms with Crippen molar-refractivity contribution in [2.75, 3.05) is 0 Å². The van der Waals surface area contributed by atoms with Crippen molar-refractivity contribution < 1.29 is 4.57 Å². The molecule has 1 heteroatoms. The zero-order valence-electron chi connectivity index (χ0n) is 9.74. The van der Waals surface area contributed by atoms with Crippen LogP contribution in [0.1, 0.15) is 41.4 Å². The second kappa shape index (κ2) is 2.61. The Morgan fingerprint density at radius 3 is 3.06 bits per heavy atom. The topological polar surface area (TPSA) is 3.88 Å². The fraction of sp³-hybridized carbons (Fsp3) is 0.312.